The fourth-order valence-corrected chi connectivity index (χ4v) is 2.32. The van der Waals surface area contributed by atoms with Crippen LogP contribution in [0.3, 0.4) is 0 Å². The van der Waals surface area contributed by atoms with Crippen LogP contribution in [0.4, 0.5) is 9.18 Å². The molecule has 0 radical (unpaired) electrons. The second-order valence-electron chi connectivity index (χ2n) is 4.78. The molecule has 2 rings (SSSR count). The van der Waals surface area contributed by atoms with Crippen LogP contribution in [0.1, 0.15) is 12.0 Å². The summed E-state index contributed by atoms with van der Waals surface area (Å²) in [6.07, 6.45) is -1.81. The lowest BCUT2D eigenvalue weighted by Gasteiger charge is -2.32. The third-order valence-corrected chi connectivity index (χ3v) is 3.49. The molecule has 1 aliphatic heterocycles. The summed E-state index contributed by atoms with van der Waals surface area (Å²) in [5.41, 5.74) is 0.847. The Balaban J connectivity index is 1.90. The number of benzene rings is 1. The van der Waals surface area contributed by atoms with E-state index in [4.69, 9.17) is 16.3 Å². The highest BCUT2D eigenvalue weighted by molar-refractivity contribution is 6.64. The molecule has 0 N–H and O–H groups in total. The summed E-state index contributed by atoms with van der Waals surface area (Å²) < 4.78 is 18.6. The van der Waals surface area contributed by atoms with E-state index in [1.165, 1.54) is 4.90 Å². The maximum atomic E-state index is 13.5. The summed E-state index contributed by atoms with van der Waals surface area (Å²) in [6.45, 7) is 0.164. The maximum absolute atomic E-state index is 13.5. The number of hydrogen-bond acceptors (Lipinski definition) is 3. The van der Waals surface area contributed by atoms with Gasteiger partial charge in [-0.15, -0.1) is 0 Å². The van der Waals surface area contributed by atoms with Gasteiger partial charge < -0.3 is 9.64 Å². The van der Waals surface area contributed by atoms with Gasteiger partial charge in [0.15, 0.2) is 0 Å². The van der Waals surface area contributed by atoms with Crippen molar-refractivity contribution in [1.82, 2.24) is 4.90 Å². The lowest BCUT2D eigenvalue weighted by Crippen LogP contribution is -2.46. The van der Waals surface area contributed by atoms with Crippen molar-refractivity contribution in [2.75, 3.05) is 13.1 Å². The van der Waals surface area contributed by atoms with Crippen LogP contribution >= 0.6 is 11.6 Å². The van der Waals surface area contributed by atoms with E-state index in [9.17, 15) is 14.0 Å². The van der Waals surface area contributed by atoms with Gasteiger partial charge in [0.25, 0.3) is 0 Å². The lowest BCUT2D eigenvalue weighted by molar-refractivity contribution is -0.117. The number of nitrogens with zero attached hydrogens (tertiary/aromatic N) is 1. The Morgan fingerprint density at radius 1 is 1.30 bits per heavy atom. The molecule has 6 heteroatoms. The van der Waals surface area contributed by atoms with Gasteiger partial charge in [0.2, 0.25) is 5.24 Å². The number of carbonyl (C=O) groups excluding carboxylic acids is 2. The molecule has 1 aliphatic rings. The van der Waals surface area contributed by atoms with Gasteiger partial charge in [-0.1, -0.05) is 30.3 Å². The van der Waals surface area contributed by atoms with Crippen molar-refractivity contribution < 1.29 is 18.7 Å². The summed E-state index contributed by atoms with van der Waals surface area (Å²) >= 11 is 5.38. The average molecular weight is 300 g/mol. The van der Waals surface area contributed by atoms with Crippen LogP contribution in [0.15, 0.2) is 30.3 Å². The minimum absolute atomic E-state index is 0.0603. The van der Waals surface area contributed by atoms with Gasteiger partial charge in [0, 0.05) is 6.54 Å². The third-order valence-electron chi connectivity index (χ3n) is 3.18. The minimum Gasteiger partial charge on any atom is -0.445 e. The van der Waals surface area contributed by atoms with Gasteiger partial charge in [0.05, 0.1) is 12.5 Å². The summed E-state index contributed by atoms with van der Waals surface area (Å²) in [7, 11) is 0. The van der Waals surface area contributed by atoms with E-state index >= 15 is 0 Å². The highest BCUT2D eigenvalue weighted by Crippen LogP contribution is 2.22. The number of amides is 1. The Morgan fingerprint density at radius 3 is 2.65 bits per heavy atom. The molecular formula is C14H15ClFNO3. The van der Waals surface area contributed by atoms with Crippen molar-refractivity contribution in [3.05, 3.63) is 35.9 Å². The quantitative estimate of drug-likeness (QED) is 0.806. The number of alkyl halides is 1. The molecule has 0 aromatic heterocycles. The van der Waals surface area contributed by atoms with E-state index in [0.29, 0.717) is 0 Å². The molecule has 0 spiro atoms. The first-order valence-electron chi connectivity index (χ1n) is 6.35. The van der Waals surface area contributed by atoms with Crippen molar-refractivity contribution in [1.29, 1.82) is 0 Å². The van der Waals surface area contributed by atoms with Crippen LogP contribution in [-0.2, 0) is 16.1 Å². The van der Waals surface area contributed by atoms with E-state index in [2.05, 4.69) is 0 Å². The topological polar surface area (TPSA) is 46.6 Å². The standard InChI is InChI=1S/C14H15ClFNO3/c15-13(18)11-6-12(16)8-17(7-11)14(19)20-9-10-4-2-1-3-5-10/h1-5,11-12H,6-9H2. The maximum Gasteiger partial charge on any atom is 0.410 e. The van der Waals surface area contributed by atoms with E-state index in [1.807, 2.05) is 30.3 Å². The van der Waals surface area contributed by atoms with E-state index in [0.717, 1.165) is 5.56 Å². The van der Waals surface area contributed by atoms with Crippen LogP contribution in [0.5, 0.6) is 0 Å². The zero-order valence-electron chi connectivity index (χ0n) is 10.8. The Bertz CT molecular complexity index is 483. The first-order chi connectivity index (χ1) is 9.56. The second kappa shape index (κ2) is 6.70. The van der Waals surface area contributed by atoms with Gasteiger partial charge in [-0.05, 0) is 23.6 Å². The zero-order valence-corrected chi connectivity index (χ0v) is 11.6. The second-order valence-corrected chi connectivity index (χ2v) is 5.15. The molecular weight excluding hydrogens is 285 g/mol. The number of hydrogen-bond donors (Lipinski definition) is 0. The first kappa shape index (κ1) is 14.8. The Morgan fingerprint density at radius 2 is 2.00 bits per heavy atom. The fraction of sp³-hybridized carbons (Fsp3) is 0.429. The molecule has 1 amide bonds. The van der Waals surface area contributed by atoms with Gasteiger partial charge in [-0.3, -0.25) is 4.79 Å². The first-order valence-corrected chi connectivity index (χ1v) is 6.73. The molecule has 0 aliphatic carbocycles. The molecule has 1 aromatic rings. The van der Waals surface area contributed by atoms with Crippen LogP contribution in [0.25, 0.3) is 0 Å². The van der Waals surface area contributed by atoms with E-state index in [-0.39, 0.29) is 26.1 Å². The molecule has 1 aromatic carbocycles. The number of likely N-dealkylation sites (tertiary alicyclic amines) is 1. The smallest absolute Gasteiger partial charge is 0.410 e. The molecule has 1 saturated heterocycles. The van der Waals surface area contributed by atoms with Gasteiger partial charge >= 0.3 is 6.09 Å². The third kappa shape index (κ3) is 3.93. The predicted octanol–water partition coefficient (Wildman–Crippen LogP) is 2.75. The van der Waals surface area contributed by atoms with Crippen molar-refractivity contribution in [3.63, 3.8) is 0 Å². The monoisotopic (exact) mass is 299 g/mol. The summed E-state index contributed by atoms with van der Waals surface area (Å²) in [6, 6.07) is 9.19. The lowest BCUT2D eigenvalue weighted by atomic mass is 9.98. The zero-order chi connectivity index (χ0) is 14.5. The molecule has 0 bridgehead atoms. The summed E-state index contributed by atoms with van der Waals surface area (Å²) in [5.74, 6) is -0.662. The molecule has 108 valence electrons. The Kier molecular flexibility index (Phi) is 4.95. The number of carbonyl (C=O) groups is 2. The van der Waals surface area contributed by atoms with Crippen LogP contribution < -0.4 is 0 Å². The normalized spacial score (nSPS) is 22.4. The number of halogens is 2. The van der Waals surface area contributed by atoms with Crippen LogP contribution in [-0.4, -0.2) is 35.5 Å². The minimum atomic E-state index is -1.25. The molecule has 0 saturated carbocycles. The van der Waals surface area contributed by atoms with E-state index < -0.39 is 23.4 Å². The number of piperidine rings is 1. The largest absolute Gasteiger partial charge is 0.445 e. The number of rotatable bonds is 3. The molecule has 1 fully saturated rings. The van der Waals surface area contributed by atoms with Crippen molar-refractivity contribution >= 4 is 22.9 Å². The van der Waals surface area contributed by atoms with Crippen LogP contribution in [0, 0.1) is 5.92 Å². The van der Waals surface area contributed by atoms with Crippen LogP contribution in [0.2, 0.25) is 0 Å². The summed E-state index contributed by atoms with van der Waals surface area (Å²) in [4.78, 5) is 24.2. The highest BCUT2D eigenvalue weighted by Gasteiger charge is 2.33. The van der Waals surface area contributed by atoms with E-state index in [1.54, 1.807) is 0 Å². The number of ether oxygens (including phenoxy) is 1. The SMILES string of the molecule is O=C(Cl)C1CC(F)CN(C(=O)OCc2ccccc2)C1. The fourth-order valence-electron chi connectivity index (χ4n) is 2.16. The molecule has 20 heavy (non-hydrogen) atoms. The van der Waals surface area contributed by atoms with Gasteiger partial charge in [0.1, 0.15) is 12.8 Å². The predicted molar refractivity (Wildman–Crippen MR) is 72.1 cm³/mol. The van der Waals surface area contributed by atoms with Crippen molar-refractivity contribution in [2.24, 2.45) is 5.92 Å². The van der Waals surface area contributed by atoms with Gasteiger partial charge in [-0.25, -0.2) is 9.18 Å². The van der Waals surface area contributed by atoms with Gasteiger partial charge in [-0.2, -0.15) is 0 Å². The van der Waals surface area contributed by atoms with Crippen molar-refractivity contribution in [3.8, 4) is 0 Å². The Hall–Kier alpha value is -1.62. The molecule has 1 heterocycles. The van der Waals surface area contributed by atoms with Crippen molar-refractivity contribution in [2.45, 2.75) is 19.2 Å². The highest BCUT2D eigenvalue weighted by atomic mass is 35.5. The Labute approximate surface area is 121 Å². The molecule has 2 atom stereocenters. The molecule has 2 unspecified atom stereocenters. The summed E-state index contributed by atoms with van der Waals surface area (Å²) in [5, 5.41) is -0.617. The average Bonchev–Trinajstić information content (AvgIpc) is 2.45. The molecule has 4 nitrogen and oxygen atoms in total.